The van der Waals surface area contributed by atoms with Crippen molar-refractivity contribution in [3.8, 4) is 5.75 Å². The molecule has 0 saturated carbocycles. The summed E-state index contributed by atoms with van der Waals surface area (Å²) >= 11 is -0.505. The molecule has 1 fully saturated rings. The third-order valence-electron chi connectivity index (χ3n) is 8.55. The van der Waals surface area contributed by atoms with Crippen LogP contribution in [0, 0.1) is 0 Å². The Morgan fingerprint density at radius 1 is 0.755 bits per heavy atom. The predicted octanol–water partition coefficient (Wildman–Crippen LogP) is 8.82. The van der Waals surface area contributed by atoms with E-state index in [0.29, 0.717) is 29.4 Å². The summed E-state index contributed by atoms with van der Waals surface area (Å²) in [5.74, 6) is 0.508. The maximum atomic E-state index is 12.6. The quantitative estimate of drug-likeness (QED) is 0.120. The molecular formula is C41H55N3O4Ru. The number of esters is 1. The molecular weight excluding hydrogens is 700 g/mol. The van der Waals surface area contributed by atoms with Gasteiger partial charge in [-0.3, -0.25) is 0 Å². The number of rotatable bonds is 11. The van der Waals surface area contributed by atoms with E-state index >= 15 is 0 Å². The minimum absolute atomic E-state index is 0.0342. The van der Waals surface area contributed by atoms with Gasteiger partial charge in [0.2, 0.25) is 0 Å². The zero-order chi connectivity index (χ0) is 36.0. The van der Waals surface area contributed by atoms with Crippen molar-refractivity contribution in [3.63, 3.8) is 0 Å². The van der Waals surface area contributed by atoms with Gasteiger partial charge in [0.05, 0.1) is 0 Å². The average molecular weight is 755 g/mol. The first-order valence-electron chi connectivity index (χ1n) is 17.6. The summed E-state index contributed by atoms with van der Waals surface area (Å²) in [6.07, 6.45) is -0.0342. The van der Waals surface area contributed by atoms with Crippen LogP contribution >= 0.6 is 0 Å². The summed E-state index contributed by atoms with van der Waals surface area (Å²) in [5.41, 5.74) is 9.50. The van der Waals surface area contributed by atoms with Gasteiger partial charge >= 0.3 is 302 Å². The molecule has 1 N–H and O–H groups in total. The van der Waals surface area contributed by atoms with E-state index in [2.05, 4.69) is 112 Å². The van der Waals surface area contributed by atoms with Gasteiger partial charge in [-0.2, -0.15) is 0 Å². The van der Waals surface area contributed by atoms with Crippen LogP contribution in [-0.4, -0.2) is 46.6 Å². The Morgan fingerprint density at radius 3 is 1.63 bits per heavy atom. The molecule has 1 aliphatic rings. The molecule has 0 bridgehead atoms. The SMILES string of the molecule is CCOC(=O)C(=O)Nc1ccc(OC(C)C)c([CH]=[Ru]=[C]2N(c3c(C(C)C)cccc3C(C)C)CCN2c2c(C(C)C)cccc2C(C)C)c1. The molecule has 49 heavy (non-hydrogen) atoms. The van der Waals surface area contributed by atoms with Crippen molar-refractivity contribution in [1.82, 2.24) is 0 Å². The summed E-state index contributed by atoms with van der Waals surface area (Å²) in [5, 5.41) is 2.72. The first-order valence-corrected chi connectivity index (χ1v) is 19.5. The Bertz CT molecular complexity index is 1590. The van der Waals surface area contributed by atoms with Crippen molar-refractivity contribution in [2.24, 2.45) is 0 Å². The molecule has 0 aromatic heterocycles. The standard InChI is InChI=1S/C27H38N2.C14H17NO4.Ru/c1-18(2)22-11-9-12-23(19(3)4)26(22)28-15-16-29(17-28)27-24(20(5)6)13-10-14-25(27)21(7)8;1-5-18-14(17)13(16)15-11-6-7-12(10(4)8-11)19-9(2)3;/h9-14,18-21H,15-16H2,1-8H3;4,6-9H,5H2,1-3H3,(H,15,16);. The second kappa shape index (κ2) is 16.8. The number of nitrogens with one attached hydrogen (secondary N) is 1. The van der Waals surface area contributed by atoms with Crippen LogP contribution in [0.25, 0.3) is 0 Å². The molecule has 1 aliphatic heterocycles. The molecule has 0 unspecified atom stereocenters. The molecule has 1 saturated heterocycles. The third kappa shape index (κ3) is 8.94. The number of anilines is 3. The molecule has 3 aromatic rings. The van der Waals surface area contributed by atoms with E-state index in [0.717, 1.165) is 24.4 Å². The van der Waals surface area contributed by atoms with Crippen LogP contribution in [0.5, 0.6) is 5.75 Å². The van der Waals surface area contributed by atoms with Gasteiger partial charge in [0.25, 0.3) is 0 Å². The van der Waals surface area contributed by atoms with Gasteiger partial charge < -0.3 is 0 Å². The van der Waals surface area contributed by atoms with Crippen molar-refractivity contribution in [1.29, 1.82) is 0 Å². The van der Waals surface area contributed by atoms with E-state index in [4.69, 9.17) is 9.47 Å². The Labute approximate surface area is 301 Å². The molecule has 3 aromatic carbocycles. The second-order valence-electron chi connectivity index (χ2n) is 14.0. The molecule has 0 aliphatic carbocycles. The van der Waals surface area contributed by atoms with Crippen LogP contribution in [0.15, 0.2) is 54.6 Å². The number of benzene rings is 3. The molecule has 1 heterocycles. The topological polar surface area (TPSA) is 71.1 Å². The minimum atomic E-state index is -0.899. The van der Waals surface area contributed by atoms with Gasteiger partial charge in [-0.25, -0.2) is 0 Å². The Kier molecular flexibility index (Phi) is 13.1. The van der Waals surface area contributed by atoms with Gasteiger partial charge in [0.15, 0.2) is 0 Å². The number of para-hydroxylation sites is 2. The number of nitrogens with zero attached hydrogens (tertiary/aromatic N) is 2. The summed E-state index contributed by atoms with van der Waals surface area (Å²) in [6, 6.07) is 19.1. The zero-order valence-electron chi connectivity index (χ0n) is 31.2. The van der Waals surface area contributed by atoms with Crippen LogP contribution in [0.1, 0.15) is 128 Å². The Balaban J connectivity index is 2.01. The number of carbonyl (C=O) groups excluding carboxylic acids is 2. The van der Waals surface area contributed by atoms with Crippen molar-refractivity contribution >= 4 is 37.9 Å². The Morgan fingerprint density at radius 2 is 1.22 bits per heavy atom. The molecule has 266 valence electrons. The van der Waals surface area contributed by atoms with Crippen LogP contribution in [0.3, 0.4) is 0 Å². The molecule has 8 heteroatoms. The molecule has 0 spiro atoms. The summed E-state index contributed by atoms with van der Waals surface area (Å²) in [7, 11) is 0. The first kappa shape index (κ1) is 38.2. The van der Waals surface area contributed by atoms with E-state index in [1.54, 1.807) is 13.0 Å². The number of hydrogen-bond acceptors (Lipinski definition) is 6. The molecule has 0 radical (unpaired) electrons. The first-order chi connectivity index (χ1) is 23.2. The fourth-order valence-corrected chi connectivity index (χ4v) is 8.44. The van der Waals surface area contributed by atoms with Crippen molar-refractivity contribution in [2.75, 3.05) is 34.8 Å². The number of hydrogen-bond donors (Lipinski definition) is 1. The molecule has 1 amide bonds. The molecule has 4 rings (SSSR count). The molecule has 0 atom stereocenters. The van der Waals surface area contributed by atoms with E-state index in [-0.39, 0.29) is 12.7 Å². The van der Waals surface area contributed by atoms with Gasteiger partial charge in [-0.15, -0.1) is 0 Å². The van der Waals surface area contributed by atoms with Crippen LogP contribution < -0.4 is 19.9 Å². The third-order valence-corrected chi connectivity index (χ3v) is 10.7. The van der Waals surface area contributed by atoms with Gasteiger partial charge in [-0.1, -0.05) is 0 Å². The van der Waals surface area contributed by atoms with Crippen molar-refractivity contribution in [2.45, 2.75) is 106 Å². The van der Waals surface area contributed by atoms with Crippen LogP contribution in [-0.2, 0) is 30.5 Å². The predicted molar refractivity (Wildman–Crippen MR) is 202 cm³/mol. The van der Waals surface area contributed by atoms with E-state index in [9.17, 15) is 9.59 Å². The van der Waals surface area contributed by atoms with Gasteiger partial charge in [0.1, 0.15) is 0 Å². The van der Waals surface area contributed by atoms with Crippen LogP contribution in [0.2, 0.25) is 0 Å². The Hall–Kier alpha value is -3.64. The van der Waals surface area contributed by atoms with E-state index < -0.39 is 28.1 Å². The number of amides is 1. The number of carbonyl (C=O) groups is 2. The fraction of sp³-hybridized carbons (Fsp3) is 0.463. The molecule has 7 nitrogen and oxygen atoms in total. The second-order valence-corrected chi connectivity index (χ2v) is 15.8. The van der Waals surface area contributed by atoms with Crippen molar-refractivity contribution < 1.29 is 35.3 Å². The summed E-state index contributed by atoms with van der Waals surface area (Å²) in [6.45, 7) is 25.9. The fourth-order valence-electron chi connectivity index (χ4n) is 6.23. The average Bonchev–Trinajstić information content (AvgIpc) is 3.46. The normalized spacial score (nSPS) is 13.3. The summed E-state index contributed by atoms with van der Waals surface area (Å²) < 4.78 is 14.8. The number of ether oxygens (including phenoxy) is 2. The zero-order valence-corrected chi connectivity index (χ0v) is 32.9. The van der Waals surface area contributed by atoms with Crippen molar-refractivity contribution in [3.05, 3.63) is 82.4 Å². The van der Waals surface area contributed by atoms with Crippen LogP contribution in [0.4, 0.5) is 17.1 Å². The van der Waals surface area contributed by atoms with Gasteiger partial charge in [-0.05, 0) is 0 Å². The monoisotopic (exact) mass is 755 g/mol. The summed E-state index contributed by atoms with van der Waals surface area (Å²) in [4.78, 5) is 29.8. The maximum absolute atomic E-state index is 12.6. The van der Waals surface area contributed by atoms with E-state index in [1.807, 2.05) is 26.0 Å². The van der Waals surface area contributed by atoms with E-state index in [1.165, 1.54) is 38.0 Å². The van der Waals surface area contributed by atoms with Gasteiger partial charge in [0, 0.05) is 0 Å².